The Hall–Kier alpha value is -3.29. The first kappa shape index (κ1) is 21.0. The van der Waals surface area contributed by atoms with Gasteiger partial charge in [-0.2, -0.15) is 4.98 Å². The monoisotopic (exact) mass is 423 g/mol. The van der Waals surface area contributed by atoms with Crippen LogP contribution in [0.5, 0.6) is 0 Å². The van der Waals surface area contributed by atoms with Crippen molar-refractivity contribution in [1.82, 2.24) is 15.1 Å². The number of hydrogen-bond acceptors (Lipinski definition) is 6. The van der Waals surface area contributed by atoms with E-state index >= 15 is 0 Å². The standard InChI is InChI=1S/C23H26FN5O2/c1-29(18-5-3-2-4-6-18)20-8-7-17(15-19(20)24)26-21(30)9-10-22-27-23(28-31-22)16-11-13-25-14-12-16/h7-8,11-15,18H,2-6,9-10H2,1H3,(H,26,30). The fraction of sp³-hybridized carbons (Fsp3) is 0.391. The van der Waals surface area contributed by atoms with Gasteiger partial charge in [0, 0.05) is 49.6 Å². The average Bonchev–Trinajstić information content (AvgIpc) is 3.28. The number of pyridine rings is 1. The maximum Gasteiger partial charge on any atom is 0.227 e. The van der Waals surface area contributed by atoms with Gasteiger partial charge in [0.15, 0.2) is 0 Å². The third kappa shape index (κ3) is 5.25. The maximum absolute atomic E-state index is 14.7. The Balaban J connectivity index is 1.31. The molecule has 1 aliphatic rings. The highest BCUT2D eigenvalue weighted by molar-refractivity contribution is 5.91. The highest BCUT2D eigenvalue weighted by atomic mass is 19.1. The lowest BCUT2D eigenvalue weighted by atomic mass is 9.94. The van der Waals surface area contributed by atoms with Crippen molar-refractivity contribution in [2.24, 2.45) is 0 Å². The molecule has 2 heterocycles. The Morgan fingerprint density at radius 1 is 1.19 bits per heavy atom. The second kappa shape index (κ2) is 9.68. The van der Waals surface area contributed by atoms with Crippen molar-refractivity contribution in [3.8, 4) is 11.4 Å². The zero-order valence-electron chi connectivity index (χ0n) is 17.6. The summed E-state index contributed by atoms with van der Waals surface area (Å²) in [5.41, 5.74) is 1.80. The predicted octanol–water partition coefficient (Wildman–Crippen LogP) is 4.61. The number of nitrogens with zero attached hydrogens (tertiary/aromatic N) is 4. The summed E-state index contributed by atoms with van der Waals surface area (Å²) in [7, 11) is 1.94. The molecule has 1 amide bonds. The molecule has 8 heteroatoms. The molecule has 0 aliphatic heterocycles. The van der Waals surface area contributed by atoms with Crippen LogP contribution in [0, 0.1) is 5.82 Å². The lowest BCUT2D eigenvalue weighted by molar-refractivity contribution is -0.116. The molecule has 0 bridgehead atoms. The van der Waals surface area contributed by atoms with Gasteiger partial charge < -0.3 is 14.7 Å². The summed E-state index contributed by atoms with van der Waals surface area (Å²) < 4.78 is 19.9. The minimum absolute atomic E-state index is 0.156. The number of benzene rings is 1. The van der Waals surface area contributed by atoms with Gasteiger partial charge in [0.25, 0.3) is 0 Å². The largest absolute Gasteiger partial charge is 0.369 e. The molecule has 0 spiro atoms. The van der Waals surface area contributed by atoms with Gasteiger partial charge in [-0.25, -0.2) is 4.39 Å². The van der Waals surface area contributed by atoms with Gasteiger partial charge in [-0.1, -0.05) is 24.4 Å². The van der Waals surface area contributed by atoms with Crippen molar-refractivity contribution >= 4 is 17.3 Å². The van der Waals surface area contributed by atoms with Crippen LogP contribution in [0.3, 0.4) is 0 Å². The zero-order chi connectivity index (χ0) is 21.6. The minimum atomic E-state index is -0.329. The number of amides is 1. The van der Waals surface area contributed by atoms with Crippen LogP contribution < -0.4 is 10.2 Å². The van der Waals surface area contributed by atoms with Crippen LogP contribution in [-0.2, 0) is 11.2 Å². The smallest absolute Gasteiger partial charge is 0.227 e. The van der Waals surface area contributed by atoms with E-state index in [0.717, 1.165) is 18.4 Å². The number of rotatable bonds is 7. The van der Waals surface area contributed by atoms with E-state index in [4.69, 9.17) is 4.52 Å². The normalized spacial score (nSPS) is 14.4. The Kier molecular flexibility index (Phi) is 6.54. The second-order valence-corrected chi connectivity index (χ2v) is 7.86. The Bertz CT molecular complexity index is 1020. The summed E-state index contributed by atoms with van der Waals surface area (Å²) in [5, 5.41) is 6.67. The Morgan fingerprint density at radius 2 is 1.97 bits per heavy atom. The molecule has 0 radical (unpaired) electrons. The number of nitrogens with one attached hydrogen (secondary N) is 1. The summed E-state index contributed by atoms with van der Waals surface area (Å²) in [6, 6.07) is 8.79. The summed E-state index contributed by atoms with van der Waals surface area (Å²) in [6.45, 7) is 0. The number of aryl methyl sites for hydroxylation is 1. The van der Waals surface area contributed by atoms with Gasteiger partial charge in [-0.3, -0.25) is 9.78 Å². The van der Waals surface area contributed by atoms with Crippen molar-refractivity contribution < 1.29 is 13.7 Å². The minimum Gasteiger partial charge on any atom is -0.369 e. The molecular weight excluding hydrogens is 397 g/mol. The number of anilines is 2. The highest BCUT2D eigenvalue weighted by Gasteiger charge is 2.21. The number of hydrogen-bond donors (Lipinski definition) is 1. The van der Waals surface area contributed by atoms with Gasteiger partial charge in [0.2, 0.25) is 17.6 Å². The molecule has 1 aliphatic carbocycles. The molecular formula is C23H26FN5O2. The quantitative estimate of drug-likeness (QED) is 0.597. The van der Waals surface area contributed by atoms with E-state index in [0.29, 0.717) is 35.6 Å². The van der Waals surface area contributed by atoms with Gasteiger partial charge in [0.05, 0.1) is 5.69 Å². The Labute approximate surface area is 180 Å². The molecule has 162 valence electrons. The van der Waals surface area contributed by atoms with Crippen molar-refractivity contribution in [1.29, 1.82) is 0 Å². The van der Waals surface area contributed by atoms with Crippen LogP contribution in [0.4, 0.5) is 15.8 Å². The van der Waals surface area contributed by atoms with Gasteiger partial charge in [-0.05, 0) is 43.2 Å². The average molecular weight is 423 g/mol. The molecule has 31 heavy (non-hydrogen) atoms. The third-order valence-electron chi connectivity index (χ3n) is 5.71. The van der Waals surface area contributed by atoms with E-state index in [1.54, 1.807) is 36.7 Å². The van der Waals surface area contributed by atoms with Crippen LogP contribution in [0.25, 0.3) is 11.4 Å². The van der Waals surface area contributed by atoms with Gasteiger partial charge in [-0.15, -0.1) is 0 Å². The highest BCUT2D eigenvalue weighted by Crippen LogP contribution is 2.29. The van der Waals surface area contributed by atoms with E-state index in [1.807, 2.05) is 11.9 Å². The molecule has 0 atom stereocenters. The number of aromatic nitrogens is 3. The lowest BCUT2D eigenvalue weighted by Gasteiger charge is -2.33. The van der Waals surface area contributed by atoms with Crippen molar-refractivity contribution in [3.63, 3.8) is 0 Å². The number of halogens is 1. The first-order chi connectivity index (χ1) is 15.1. The van der Waals surface area contributed by atoms with Gasteiger partial charge in [0.1, 0.15) is 5.82 Å². The fourth-order valence-electron chi connectivity index (χ4n) is 3.95. The summed E-state index contributed by atoms with van der Waals surface area (Å²) in [6.07, 6.45) is 9.57. The molecule has 2 aromatic heterocycles. The van der Waals surface area contributed by atoms with Crippen LogP contribution >= 0.6 is 0 Å². The van der Waals surface area contributed by atoms with Crippen LogP contribution in [0.15, 0.2) is 47.2 Å². The first-order valence-electron chi connectivity index (χ1n) is 10.7. The number of carbonyl (C=O) groups is 1. The molecule has 7 nitrogen and oxygen atoms in total. The summed E-state index contributed by atoms with van der Waals surface area (Å²) in [5.74, 6) is 0.261. The van der Waals surface area contributed by atoms with E-state index in [-0.39, 0.29) is 18.1 Å². The third-order valence-corrected chi connectivity index (χ3v) is 5.71. The molecule has 4 rings (SSSR count). The number of carbonyl (C=O) groups excluding carboxylic acids is 1. The lowest BCUT2D eigenvalue weighted by Crippen LogP contribution is -2.33. The Morgan fingerprint density at radius 3 is 2.71 bits per heavy atom. The van der Waals surface area contributed by atoms with E-state index in [1.165, 1.54) is 25.3 Å². The topological polar surface area (TPSA) is 84.2 Å². The molecule has 1 aromatic carbocycles. The fourth-order valence-corrected chi connectivity index (χ4v) is 3.95. The van der Waals surface area contributed by atoms with Crippen LogP contribution in [0.1, 0.15) is 44.4 Å². The van der Waals surface area contributed by atoms with Crippen molar-refractivity contribution in [3.05, 3.63) is 54.4 Å². The molecule has 0 unspecified atom stereocenters. The van der Waals surface area contributed by atoms with Gasteiger partial charge >= 0.3 is 0 Å². The van der Waals surface area contributed by atoms with Crippen LogP contribution in [-0.4, -0.2) is 34.1 Å². The SMILES string of the molecule is CN(c1ccc(NC(=O)CCc2nc(-c3ccncc3)no2)cc1F)C1CCCCC1. The van der Waals surface area contributed by atoms with E-state index < -0.39 is 0 Å². The first-order valence-corrected chi connectivity index (χ1v) is 10.7. The molecule has 1 fully saturated rings. The summed E-state index contributed by atoms with van der Waals surface area (Å²) >= 11 is 0. The molecule has 1 saturated carbocycles. The van der Waals surface area contributed by atoms with Crippen molar-refractivity contribution in [2.45, 2.75) is 51.0 Å². The predicted molar refractivity (Wildman–Crippen MR) is 116 cm³/mol. The second-order valence-electron chi connectivity index (χ2n) is 7.86. The summed E-state index contributed by atoms with van der Waals surface area (Å²) in [4.78, 5) is 22.6. The molecule has 0 saturated heterocycles. The van der Waals surface area contributed by atoms with Crippen molar-refractivity contribution in [2.75, 3.05) is 17.3 Å². The van der Waals surface area contributed by atoms with E-state index in [2.05, 4.69) is 20.4 Å². The van der Waals surface area contributed by atoms with Crippen LogP contribution in [0.2, 0.25) is 0 Å². The molecule has 3 aromatic rings. The van der Waals surface area contributed by atoms with E-state index in [9.17, 15) is 9.18 Å². The zero-order valence-corrected chi connectivity index (χ0v) is 17.6. The maximum atomic E-state index is 14.7. The molecule has 1 N–H and O–H groups in total.